The van der Waals surface area contributed by atoms with Crippen LogP contribution in [0, 0.1) is 22.7 Å². The van der Waals surface area contributed by atoms with Crippen LogP contribution in [-0.4, -0.2) is 36.6 Å². The molecule has 1 saturated heterocycles. The fraction of sp³-hybridized carbons (Fsp3) is 0.833. The monoisotopic (exact) mass is 221 g/mol. The molecule has 1 aliphatic carbocycles. The molecule has 1 spiro atoms. The maximum atomic E-state index is 12.3. The third-order valence-corrected chi connectivity index (χ3v) is 4.10. The molecule has 0 bridgehead atoms. The van der Waals surface area contributed by atoms with Crippen molar-refractivity contribution in [1.29, 1.82) is 5.26 Å². The first-order chi connectivity index (χ1) is 7.59. The molecule has 2 aliphatic rings. The Balaban J connectivity index is 2.07. The quantitative estimate of drug-likeness (QED) is 0.672. The average molecular weight is 221 g/mol. The minimum Gasteiger partial charge on any atom is -0.275 e. The summed E-state index contributed by atoms with van der Waals surface area (Å²) < 4.78 is 0. The lowest BCUT2D eigenvalue weighted by Crippen LogP contribution is -2.43. The van der Waals surface area contributed by atoms with Gasteiger partial charge in [-0.3, -0.25) is 9.80 Å². The van der Waals surface area contributed by atoms with E-state index in [1.807, 2.05) is 24.1 Å². The maximum absolute atomic E-state index is 12.3. The van der Waals surface area contributed by atoms with E-state index in [1.54, 1.807) is 0 Å². The van der Waals surface area contributed by atoms with Gasteiger partial charge in [-0.05, 0) is 32.1 Å². The van der Waals surface area contributed by atoms with E-state index in [-0.39, 0.29) is 17.2 Å². The largest absolute Gasteiger partial charge is 0.275 e. The Morgan fingerprint density at radius 2 is 2.00 bits per heavy atom. The summed E-state index contributed by atoms with van der Waals surface area (Å²) in [7, 11) is 3.83. The van der Waals surface area contributed by atoms with Gasteiger partial charge in [0.25, 0.3) is 0 Å². The minimum atomic E-state index is -0.141. The average Bonchev–Trinajstić information content (AvgIpc) is 2.58. The van der Waals surface area contributed by atoms with Crippen LogP contribution in [0.5, 0.6) is 0 Å². The number of hydrogen-bond acceptors (Lipinski definition) is 3. The highest BCUT2D eigenvalue weighted by molar-refractivity contribution is 5.84. The van der Waals surface area contributed by atoms with E-state index in [0.717, 1.165) is 38.6 Å². The van der Waals surface area contributed by atoms with Gasteiger partial charge in [-0.2, -0.15) is 5.26 Å². The van der Waals surface area contributed by atoms with Gasteiger partial charge in [0.1, 0.15) is 0 Å². The van der Waals surface area contributed by atoms with Gasteiger partial charge in [0.2, 0.25) is 5.91 Å². The Morgan fingerprint density at radius 3 is 2.44 bits per heavy atom. The van der Waals surface area contributed by atoms with E-state index >= 15 is 0 Å². The first-order valence-electron chi connectivity index (χ1n) is 5.98. The molecule has 16 heavy (non-hydrogen) atoms. The molecular weight excluding hydrogens is 202 g/mol. The molecule has 1 heterocycles. The number of nitriles is 1. The summed E-state index contributed by atoms with van der Waals surface area (Å²) in [4.78, 5) is 12.3. The van der Waals surface area contributed by atoms with Gasteiger partial charge < -0.3 is 0 Å². The summed E-state index contributed by atoms with van der Waals surface area (Å²) in [6.45, 7) is 0.836. The second-order valence-corrected chi connectivity index (χ2v) is 5.21. The zero-order valence-corrected chi connectivity index (χ0v) is 10.1. The molecule has 4 nitrogen and oxygen atoms in total. The number of hydrogen-bond donors (Lipinski definition) is 0. The molecule has 1 saturated carbocycles. The fourth-order valence-electron chi connectivity index (χ4n) is 2.95. The van der Waals surface area contributed by atoms with Gasteiger partial charge in [0.15, 0.2) is 0 Å². The normalized spacial score (nSPS) is 34.8. The summed E-state index contributed by atoms with van der Waals surface area (Å²) in [5.41, 5.74) is -0.141. The van der Waals surface area contributed by atoms with E-state index in [2.05, 4.69) is 6.07 Å². The van der Waals surface area contributed by atoms with Crippen LogP contribution in [0.2, 0.25) is 0 Å². The van der Waals surface area contributed by atoms with Gasteiger partial charge in [-0.25, -0.2) is 5.01 Å². The molecular formula is C12H19N3O. The predicted molar refractivity (Wildman–Crippen MR) is 60.0 cm³/mol. The van der Waals surface area contributed by atoms with Gasteiger partial charge in [-0.15, -0.1) is 0 Å². The SMILES string of the molecule is CN(C)N1CCC2(CCC(C#N)CC2)C1=O. The van der Waals surface area contributed by atoms with Crippen molar-refractivity contribution in [2.45, 2.75) is 32.1 Å². The van der Waals surface area contributed by atoms with E-state index in [0.29, 0.717) is 0 Å². The van der Waals surface area contributed by atoms with Crippen molar-refractivity contribution < 1.29 is 4.79 Å². The molecule has 2 fully saturated rings. The molecule has 0 aromatic carbocycles. The fourth-order valence-corrected chi connectivity index (χ4v) is 2.95. The standard InChI is InChI=1S/C12H19N3O/c1-14(2)15-8-7-12(11(15)16)5-3-10(9-13)4-6-12/h10H,3-8H2,1-2H3. The molecule has 4 heteroatoms. The van der Waals surface area contributed by atoms with Crippen molar-refractivity contribution in [3.63, 3.8) is 0 Å². The number of nitrogens with zero attached hydrogens (tertiary/aromatic N) is 3. The van der Waals surface area contributed by atoms with Crippen LogP contribution >= 0.6 is 0 Å². The number of hydrazine groups is 1. The number of amides is 1. The molecule has 0 atom stereocenters. The van der Waals surface area contributed by atoms with Gasteiger partial charge >= 0.3 is 0 Å². The summed E-state index contributed by atoms with van der Waals surface area (Å²) >= 11 is 0. The van der Waals surface area contributed by atoms with Crippen molar-refractivity contribution >= 4 is 5.91 Å². The van der Waals surface area contributed by atoms with Crippen molar-refractivity contribution in [1.82, 2.24) is 10.0 Å². The number of carbonyl (C=O) groups excluding carboxylic acids is 1. The van der Waals surface area contributed by atoms with Crippen LogP contribution in [-0.2, 0) is 4.79 Å². The van der Waals surface area contributed by atoms with Crippen LogP contribution < -0.4 is 0 Å². The Hall–Kier alpha value is -1.08. The summed E-state index contributed by atoms with van der Waals surface area (Å²) in [6, 6.07) is 2.32. The third kappa shape index (κ3) is 1.69. The lowest BCUT2D eigenvalue weighted by atomic mass is 9.70. The highest BCUT2D eigenvalue weighted by atomic mass is 16.2. The Labute approximate surface area is 96.8 Å². The summed E-state index contributed by atoms with van der Waals surface area (Å²) in [5, 5.41) is 12.6. The zero-order chi connectivity index (χ0) is 11.8. The topological polar surface area (TPSA) is 47.3 Å². The maximum Gasteiger partial charge on any atom is 0.243 e. The first kappa shape index (κ1) is 11.4. The Bertz CT molecular complexity index is 324. The minimum absolute atomic E-state index is 0.141. The first-order valence-corrected chi connectivity index (χ1v) is 5.98. The van der Waals surface area contributed by atoms with Crippen molar-refractivity contribution in [3.8, 4) is 6.07 Å². The molecule has 88 valence electrons. The van der Waals surface area contributed by atoms with Gasteiger partial charge in [-0.1, -0.05) is 0 Å². The lowest BCUT2D eigenvalue weighted by Gasteiger charge is -2.34. The molecule has 0 aromatic heterocycles. The van der Waals surface area contributed by atoms with Crippen molar-refractivity contribution in [2.75, 3.05) is 20.6 Å². The smallest absolute Gasteiger partial charge is 0.243 e. The van der Waals surface area contributed by atoms with E-state index in [9.17, 15) is 4.79 Å². The van der Waals surface area contributed by atoms with Crippen LogP contribution in [0.1, 0.15) is 32.1 Å². The second-order valence-electron chi connectivity index (χ2n) is 5.21. The molecule has 0 aromatic rings. The van der Waals surface area contributed by atoms with Crippen LogP contribution in [0.4, 0.5) is 0 Å². The molecule has 0 N–H and O–H groups in total. The molecule has 0 unspecified atom stereocenters. The van der Waals surface area contributed by atoms with Crippen LogP contribution in [0.15, 0.2) is 0 Å². The lowest BCUT2D eigenvalue weighted by molar-refractivity contribution is -0.148. The molecule has 0 radical (unpaired) electrons. The Morgan fingerprint density at radius 1 is 1.38 bits per heavy atom. The highest BCUT2D eigenvalue weighted by Gasteiger charge is 2.48. The van der Waals surface area contributed by atoms with E-state index in [4.69, 9.17) is 5.26 Å². The van der Waals surface area contributed by atoms with Gasteiger partial charge in [0, 0.05) is 26.6 Å². The second kappa shape index (κ2) is 4.06. The van der Waals surface area contributed by atoms with Crippen molar-refractivity contribution in [3.05, 3.63) is 0 Å². The Kier molecular flexibility index (Phi) is 2.90. The molecule has 2 rings (SSSR count). The summed E-state index contributed by atoms with van der Waals surface area (Å²) in [5.74, 6) is 0.445. The van der Waals surface area contributed by atoms with E-state index in [1.165, 1.54) is 0 Å². The van der Waals surface area contributed by atoms with Crippen LogP contribution in [0.3, 0.4) is 0 Å². The van der Waals surface area contributed by atoms with Crippen LogP contribution in [0.25, 0.3) is 0 Å². The predicted octanol–water partition coefficient (Wildman–Crippen LogP) is 1.40. The molecule has 1 amide bonds. The van der Waals surface area contributed by atoms with Crippen molar-refractivity contribution in [2.24, 2.45) is 11.3 Å². The number of carbonyl (C=O) groups is 1. The van der Waals surface area contributed by atoms with E-state index < -0.39 is 0 Å². The molecule has 1 aliphatic heterocycles. The van der Waals surface area contributed by atoms with Gasteiger partial charge in [0.05, 0.1) is 11.5 Å². The zero-order valence-electron chi connectivity index (χ0n) is 10.1. The number of rotatable bonds is 1. The highest BCUT2D eigenvalue weighted by Crippen LogP contribution is 2.46. The third-order valence-electron chi connectivity index (χ3n) is 4.10. The summed E-state index contributed by atoms with van der Waals surface area (Å²) in [6.07, 6.45) is 4.54.